The highest BCUT2D eigenvalue weighted by Crippen LogP contribution is 2.34. The van der Waals surface area contributed by atoms with Gasteiger partial charge in [-0.15, -0.1) is 0 Å². The Balaban J connectivity index is 1.84. The molecule has 3 rings (SSSR count). The number of likely N-dealkylation sites (tertiary alicyclic amines) is 1. The van der Waals surface area contributed by atoms with Crippen LogP contribution in [0.4, 0.5) is 4.39 Å². The topological polar surface area (TPSA) is 38.8 Å². The Hall–Kier alpha value is -2.56. The molecule has 1 saturated heterocycles. The third kappa shape index (κ3) is 3.07. The molecule has 0 aromatic heterocycles. The van der Waals surface area contributed by atoms with Crippen LogP contribution in [0.2, 0.25) is 0 Å². The van der Waals surface area contributed by atoms with Crippen molar-refractivity contribution >= 4 is 5.91 Å². The van der Waals surface area contributed by atoms with Gasteiger partial charge in [-0.2, -0.15) is 0 Å². The number of hydrogen-bond acceptors (Lipinski definition) is 3. The fraction of sp³-hybridized carbons (Fsp3) is 0.316. The average molecular weight is 329 g/mol. The number of halogens is 1. The van der Waals surface area contributed by atoms with E-state index >= 15 is 0 Å². The van der Waals surface area contributed by atoms with Crippen molar-refractivity contribution in [3.05, 3.63) is 59.4 Å². The van der Waals surface area contributed by atoms with Gasteiger partial charge in [0, 0.05) is 12.1 Å². The molecule has 2 aromatic rings. The van der Waals surface area contributed by atoms with Gasteiger partial charge in [0.1, 0.15) is 5.75 Å². The van der Waals surface area contributed by atoms with Gasteiger partial charge in [-0.05, 0) is 48.7 Å². The molecule has 4 nitrogen and oxygen atoms in total. The van der Waals surface area contributed by atoms with Crippen molar-refractivity contribution in [2.75, 3.05) is 20.8 Å². The van der Waals surface area contributed by atoms with E-state index in [9.17, 15) is 9.18 Å². The van der Waals surface area contributed by atoms with Crippen LogP contribution >= 0.6 is 0 Å². The van der Waals surface area contributed by atoms with Crippen LogP contribution in [-0.4, -0.2) is 31.6 Å². The maximum Gasteiger partial charge on any atom is 0.254 e. The van der Waals surface area contributed by atoms with Gasteiger partial charge in [-0.3, -0.25) is 4.79 Å². The molecule has 0 aliphatic carbocycles. The number of amides is 1. The molecule has 1 aliphatic heterocycles. The van der Waals surface area contributed by atoms with Crippen LogP contribution in [0.25, 0.3) is 0 Å². The van der Waals surface area contributed by atoms with Crippen molar-refractivity contribution in [2.24, 2.45) is 0 Å². The summed E-state index contributed by atoms with van der Waals surface area (Å²) in [5.41, 5.74) is 1.41. The average Bonchev–Trinajstić information content (AvgIpc) is 3.10. The van der Waals surface area contributed by atoms with E-state index in [1.165, 1.54) is 19.2 Å². The monoisotopic (exact) mass is 329 g/mol. The van der Waals surface area contributed by atoms with Gasteiger partial charge in [-0.1, -0.05) is 12.1 Å². The molecule has 24 heavy (non-hydrogen) atoms. The van der Waals surface area contributed by atoms with Gasteiger partial charge in [-0.25, -0.2) is 4.39 Å². The zero-order chi connectivity index (χ0) is 17.1. The maximum absolute atomic E-state index is 13.9. The van der Waals surface area contributed by atoms with E-state index < -0.39 is 5.82 Å². The smallest absolute Gasteiger partial charge is 0.254 e. The molecule has 1 amide bonds. The van der Waals surface area contributed by atoms with Gasteiger partial charge in [0.25, 0.3) is 5.91 Å². The van der Waals surface area contributed by atoms with Crippen molar-refractivity contribution < 1.29 is 18.7 Å². The van der Waals surface area contributed by atoms with E-state index in [4.69, 9.17) is 9.47 Å². The Kier molecular flexibility index (Phi) is 4.69. The first-order chi connectivity index (χ1) is 11.6. The number of ether oxygens (including phenoxy) is 2. The molecular formula is C19H20FNO3. The Labute approximate surface area is 140 Å². The fourth-order valence-corrected chi connectivity index (χ4v) is 3.15. The van der Waals surface area contributed by atoms with Crippen molar-refractivity contribution in [3.63, 3.8) is 0 Å². The van der Waals surface area contributed by atoms with E-state index in [2.05, 4.69) is 0 Å². The van der Waals surface area contributed by atoms with Crippen LogP contribution in [0.3, 0.4) is 0 Å². The summed E-state index contributed by atoms with van der Waals surface area (Å²) in [4.78, 5) is 14.6. The zero-order valence-electron chi connectivity index (χ0n) is 13.8. The van der Waals surface area contributed by atoms with E-state index in [0.29, 0.717) is 12.1 Å². The highest BCUT2D eigenvalue weighted by molar-refractivity contribution is 5.94. The Morgan fingerprint density at radius 2 is 1.88 bits per heavy atom. The molecule has 0 saturated carbocycles. The summed E-state index contributed by atoms with van der Waals surface area (Å²) < 4.78 is 24.0. The van der Waals surface area contributed by atoms with Crippen LogP contribution < -0.4 is 9.47 Å². The fourth-order valence-electron chi connectivity index (χ4n) is 3.15. The molecule has 126 valence electrons. The summed E-state index contributed by atoms with van der Waals surface area (Å²) in [6.45, 7) is 0.670. The van der Waals surface area contributed by atoms with Crippen LogP contribution in [0.1, 0.15) is 34.8 Å². The van der Waals surface area contributed by atoms with Crippen LogP contribution in [0.5, 0.6) is 11.5 Å². The summed E-state index contributed by atoms with van der Waals surface area (Å²) >= 11 is 0. The van der Waals surface area contributed by atoms with E-state index in [1.54, 1.807) is 13.2 Å². The molecule has 0 bridgehead atoms. The number of nitrogens with zero attached hydrogens (tertiary/aromatic N) is 1. The van der Waals surface area contributed by atoms with Crippen molar-refractivity contribution in [2.45, 2.75) is 18.9 Å². The van der Waals surface area contributed by atoms with Crippen LogP contribution in [0, 0.1) is 5.82 Å². The SMILES string of the molecule is COc1ccc(C2CCCN2C(=O)c2ccc(OC)c(F)c2)cc1. The van der Waals surface area contributed by atoms with E-state index in [1.807, 2.05) is 29.2 Å². The first-order valence-electron chi connectivity index (χ1n) is 7.92. The first-order valence-corrected chi connectivity index (χ1v) is 7.92. The lowest BCUT2D eigenvalue weighted by Gasteiger charge is -2.25. The lowest BCUT2D eigenvalue weighted by atomic mass is 10.0. The Bertz CT molecular complexity index is 730. The summed E-state index contributed by atoms with van der Waals surface area (Å²) in [6.07, 6.45) is 1.83. The standard InChI is InChI=1S/C19H20FNO3/c1-23-15-8-5-13(6-9-15)17-4-3-11-21(17)19(22)14-7-10-18(24-2)16(20)12-14/h5-10,12,17H,3-4,11H2,1-2H3. The molecule has 0 spiro atoms. The molecule has 1 unspecified atom stereocenters. The van der Waals surface area contributed by atoms with Gasteiger partial charge < -0.3 is 14.4 Å². The number of methoxy groups -OCH3 is 2. The van der Waals surface area contributed by atoms with Crippen LogP contribution in [0.15, 0.2) is 42.5 Å². The molecule has 0 radical (unpaired) electrons. The van der Waals surface area contributed by atoms with Crippen molar-refractivity contribution in [1.82, 2.24) is 4.90 Å². The number of benzene rings is 2. The molecular weight excluding hydrogens is 309 g/mol. The molecule has 1 heterocycles. The molecule has 2 aromatic carbocycles. The lowest BCUT2D eigenvalue weighted by Crippen LogP contribution is -2.30. The van der Waals surface area contributed by atoms with Gasteiger partial charge >= 0.3 is 0 Å². The predicted octanol–water partition coefficient (Wildman–Crippen LogP) is 3.82. The molecule has 1 fully saturated rings. The van der Waals surface area contributed by atoms with Gasteiger partial charge in [0.15, 0.2) is 11.6 Å². The minimum atomic E-state index is -0.524. The molecule has 1 atom stereocenters. The Morgan fingerprint density at radius 3 is 2.50 bits per heavy atom. The number of rotatable bonds is 4. The number of carbonyl (C=O) groups excluding carboxylic acids is 1. The third-order valence-electron chi connectivity index (χ3n) is 4.41. The molecule has 0 N–H and O–H groups in total. The van der Waals surface area contributed by atoms with E-state index in [-0.39, 0.29) is 17.7 Å². The number of hydrogen-bond donors (Lipinski definition) is 0. The minimum Gasteiger partial charge on any atom is -0.497 e. The molecule has 5 heteroatoms. The van der Waals surface area contributed by atoms with E-state index in [0.717, 1.165) is 24.2 Å². The quantitative estimate of drug-likeness (QED) is 0.856. The molecule has 1 aliphatic rings. The summed E-state index contributed by atoms with van der Waals surface area (Å²) in [5.74, 6) is 0.241. The first kappa shape index (κ1) is 16.3. The normalized spacial score (nSPS) is 17.0. The largest absolute Gasteiger partial charge is 0.497 e. The van der Waals surface area contributed by atoms with Crippen molar-refractivity contribution in [3.8, 4) is 11.5 Å². The third-order valence-corrected chi connectivity index (χ3v) is 4.41. The second-order valence-corrected chi connectivity index (χ2v) is 5.78. The summed E-state index contributed by atoms with van der Waals surface area (Å²) in [7, 11) is 3.03. The highest BCUT2D eigenvalue weighted by atomic mass is 19.1. The zero-order valence-corrected chi connectivity index (χ0v) is 13.8. The Morgan fingerprint density at radius 1 is 1.12 bits per heavy atom. The summed E-state index contributed by atoms with van der Waals surface area (Å²) in [6, 6.07) is 12.1. The number of carbonyl (C=O) groups is 1. The van der Waals surface area contributed by atoms with Gasteiger partial charge in [0.05, 0.1) is 20.3 Å². The van der Waals surface area contributed by atoms with Crippen LogP contribution in [-0.2, 0) is 0 Å². The highest BCUT2D eigenvalue weighted by Gasteiger charge is 2.30. The minimum absolute atomic E-state index is 0.00793. The lowest BCUT2D eigenvalue weighted by molar-refractivity contribution is 0.0735. The second kappa shape index (κ2) is 6.91. The second-order valence-electron chi connectivity index (χ2n) is 5.78. The summed E-state index contributed by atoms with van der Waals surface area (Å²) in [5, 5.41) is 0. The maximum atomic E-state index is 13.9. The van der Waals surface area contributed by atoms with Crippen molar-refractivity contribution in [1.29, 1.82) is 0 Å². The van der Waals surface area contributed by atoms with Gasteiger partial charge in [0.2, 0.25) is 0 Å². The predicted molar refractivity (Wildman–Crippen MR) is 89.0 cm³/mol.